The van der Waals surface area contributed by atoms with Gasteiger partial charge in [-0.05, 0) is 18.2 Å². The van der Waals surface area contributed by atoms with E-state index in [0.29, 0.717) is 0 Å². The van der Waals surface area contributed by atoms with Crippen LogP contribution in [0.1, 0.15) is 5.82 Å². The molecule has 0 aliphatic carbocycles. The molecule has 9 heteroatoms. The van der Waals surface area contributed by atoms with E-state index in [4.69, 9.17) is 17.3 Å². The highest BCUT2D eigenvalue weighted by molar-refractivity contribution is 6.30. The minimum Gasteiger partial charge on any atom is -0.384 e. The summed E-state index contributed by atoms with van der Waals surface area (Å²) in [5.74, 6) is -2.61. The number of anilines is 3. The van der Waals surface area contributed by atoms with Crippen molar-refractivity contribution in [1.29, 1.82) is 0 Å². The molecule has 0 bridgehead atoms. The Morgan fingerprint density at radius 1 is 1.10 bits per heavy atom. The van der Waals surface area contributed by atoms with Crippen LogP contribution in [0.25, 0.3) is 0 Å². The maximum atomic E-state index is 13.1. The lowest BCUT2D eigenvalue weighted by Gasteiger charge is -2.10. The third-order valence-electron chi connectivity index (χ3n) is 2.13. The minimum absolute atomic E-state index is 0.0885. The molecule has 0 radical (unpaired) electrons. The van der Waals surface area contributed by atoms with E-state index >= 15 is 0 Å². The second-order valence-corrected chi connectivity index (χ2v) is 4.22. The van der Waals surface area contributed by atoms with Crippen LogP contribution in [0.2, 0.25) is 5.02 Å². The van der Waals surface area contributed by atoms with Gasteiger partial charge in [0.25, 0.3) is 0 Å². The lowest BCUT2D eigenvalue weighted by Crippen LogP contribution is -2.13. The molecule has 0 spiro atoms. The fourth-order valence-electron chi connectivity index (χ4n) is 1.43. The van der Waals surface area contributed by atoms with Crippen LogP contribution in [0.5, 0.6) is 0 Å². The van der Waals surface area contributed by atoms with E-state index in [-0.39, 0.29) is 22.3 Å². The van der Waals surface area contributed by atoms with E-state index in [0.717, 1.165) is 18.2 Å². The summed E-state index contributed by atoms with van der Waals surface area (Å²) in [7, 11) is 0. The van der Waals surface area contributed by atoms with Crippen molar-refractivity contribution in [3.8, 4) is 0 Å². The molecule has 4 nitrogen and oxygen atoms in total. The highest BCUT2D eigenvalue weighted by atomic mass is 35.5. The van der Waals surface area contributed by atoms with Gasteiger partial charge in [-0.3, -0.25) is 0 Å². The molecular formula is C11H7ClF4N4. The Bertz CT molecular complexity index is 625. The number of rotatable bonds is 2. The van der Waals surface area contributed by atoms with Gasteiger partial charge in [-0.2, -0.15) is 13.2 Å². The van der Waals surface area contributed by atoms with E-state index in [9.17, 15) is 17.6 Å². The second-order valence-electron chi connectivity index (χ2n) is 3.78. The summed E-state index contributed by atoms with van der Waals surface area (Å²) >= 11 is 5.63. The smallest absolute Gasteiger partial charge is 0.384 e. The summed E-state index contributed by atoms with van der Waals surface area (Å²) in [6, 6.07) is 4.53. The van der Waals surface area contributed by atoms with Gasteiger partial charge in [0, 0.05) is 16.8 Å². The van der Waals surface area contributed by atoms with Crippen molar-refractivity contribution in [2.75, 3.05) is 11.1 Å². The molecular weight excluding hydrogens is 300 g/mol. The molecule has 1 heterocycles. The number of aromatic nitrogens is 2. The first kappa shape index (κ1) is 14.3. The van der Waals surface area contributed by atoms with Crippen molar-refractivity contribution in [2.24, 2.45) is 0 Å². The second kappa shape index (κ2) is 5.12. The monoisotopic (exact) mass is 306 g/mol. The van der Waals surface area contributed by atoms with E-state index < -0.39 is 17.8 Å². The van der Waals surface area contributed by atoms with Gasteiger partial charge in [0.1, 0.15) is 17.5 Å². The Kier molecular flexibility index (Phi) is 3.67. The van der Waals surface area contributed by atoms with Crippen LogP contribution >= 0.6 is 11.6 Å². The molecule has 2 aromatic rings. The maximum absolute atomic E-state index is 13.1. The Labute approximate surface area is 115 Å². The van der Waals surface area contributed by atoms with Crippen molar-refractivity contribution in [2.45, 2.75) is 6.18 Å². The summed E-state index contributed by atoms with van der Waals surface area (Å²) < 4.78 is 50.7. The van der Waals surface area contributed by atoms with E-state index in [2.05, 4.69) is 15.3 Å². The standard InChI is InChI=1S/C11H7ClF4N4/c12-5-1-6(13)3-7(2-5)18-9-4-8(17)19-10(20-9)11(14,15)16/h1-4H,(H3,17,18,19,20). The Morgan fingerprint density at radius 3 is 2.40 bits per heavy atom. The quantitative estimate of drug-likeness (QED) is 0.832. The SMILES string of the molecule is Nc1cc(Nc2cc(F)cc(Cl)c2)nc(C(F)(F)F)n1. The predicted molar refractivity (Wildman–Crippen MR) is 66.1 cm³/mol. The van der Waals surface area contributed by atoms with Gasteiger partial charge < -0.3 is 11.1 Å². The molecule has 1 aromatic heterocycles. The number of nitrogens with one attached hydrogen (secondary N) is 1. The normalized spacial score (nSPS) is 11.4. The number of hydrogen-bond donors (Lipinski definition) is 2. The number of alkyl halides is 3. The van der Waals surface area contributed by atoms with Crippen LogP contribution in [0.15, 0.2) is 24.3 Å². The average Bonchev–Trinajstić information content (AvgIpc) is 2.25. The minimum atomic E-state index is -4.73. The molecule has 0 atom stereocenters. The predicted octanol–water partition coefficient (Wildman–Crippen LogP) is 3.61. The van der Waals surface area contributed by atoms with Gasteiger partial charge in [-0.15, -0.1) is 0 Å². The highest BCUT2D eigenvalue weighted by Crippen LogP contribution is 2.29. The van der Waals surface area contributed by atoms with Crippen LogP contribution in [0.4, 0.5) is 34.9 Å². The summed E-state index contributed by atoms with van der Waals surface area (Å²) in [6.45, 7) is 0. The van der Waals surface area contributed by atoms with E-state index in [1.165, 1.54) is 6.07 Å². The summed E-state index contributed by atoms with van der Waals surface area (Å²) in [4.78, 5) is 6.35. The lowest BCUT2D eigenvalue weighted by molar-refractivity contribution is -0.144. The fourth-order valence-corrected chi connectivity index (χ4v) is 1.65. The van der Waals surface area contributed by atoms with Gasteiger partial charge in [-0.25, -0.2) is 14.4 Å². The molecule has 0 amide bonds. The highest BCUT2D eigenvalue weighted by Gasteiger charge is 2.35. The fraction of sp³-hybridized carbons (Fsp3) is 0.0909. The van der Waals surface area contributed by atoms with E-state index in [1.807, 2.05) is 0 Å². The lowest BCUT2D eigenvalue weighted by atomic mass is 10.3. The molecule has 0 fully saturated rings. The summed E-state index contributed by atoms with van der Waals surface area (Å²) in [5.41, 5.74) is 5.42. The summed E-state index contributed by atoms with van der Waals surface area (Å²) in [6.07, 6.45) is -4.73. The van der Waals surface area contributed by atoms with Crippen molar-refractivity contribution in [3.05, 3.63) is 40.9 Å². The molecule has 0 aliphatic rings. The van der Waals surface area contributed by atoms with Crippen LogP contribution in [0, 0.1) is 5.82 Å². The van der Waals surface area contributed by atoms with Gasteiger partial charge >= 0.3 is 6.18 Å². The zero-order chi connectivity index (χ0) is 14.9. The first-order valence-corrected chi connectivity index (χ1v) is 5.57. The molecule has 2 rings (SSSR count). The van der Waals surface area contributed by atoms with Crippen LogP contribution in [-0.2, 0) is 6.18 Å². The van der Waals surface area contributed by atoms with Gasteiger partial charge in [0.15, 0.2) is 0 Å². The van der Waals surface area contributed by atoms with Crippen LogP contribution in [-0.4, -0.2) is 9.97 Å². The molecule has 3 N–H and O–H groups in total. The molecule has 0 aliphatic heterocycles. The number of nitrogen functional groups attached to an aromatic ring is 1. The average molecular weight is 307 g/mol. The number of hydrogen-bond acceptors (Lipinski definition) is 4. The van der Waals surface area contributed by atoms with Gasteiger partial charge in [0.05, 0.1) is 0 Å². The zero-order valence-electron chi connectivity index (χ0n) is 9.67. The van der Waals surface area contributed by atoms with Crippen molar-refractivity contribution >= 4 is 28.9 Å². The van der Waals surface area contributed by atoms with Crippen molar-refractivity contribution < 1.29 is 17.6 Å². The number of nitrogens with zero attached hydrogens (tertiary/aromatic N) is 2. The zero-order valence-corrected chi connectivity index (χ0v) is 10.4. The first-order chi connectivity index (χ1) is 9.24. The van der Waals surface area contributed by atoms with Gasteiger partial charge in [-0.1, -0.05) is 11.6 Å². The number of halogens is 5. The van der Waals surface area contributed by atoms with E-state index in [1.54, 1.807) is 0 Å². The third-order valence-corrected chi connectivity index (χ3v) is 2.35. The molecule has 106 valence electrons. The Balaban J connectivity index is 2.36. The summed E-state index contributed by atoms with van der Waals surface area (Å²) in [5, 5.41) is 2.57. The largest absolute Gasteiger partial charge is 0.451 e. The van der Waals surface area contributed by atoms with Crippen molar-refractivity contribution in [1.82, 2.24) is 9.97 Å². The third kappa shape index (κ3) is 3.47. The Morgan fingerprint density at radius 2 is 1.80 bits per heavy atom. The molecule has 0 saturated heterocycles. The topological polar surface area (TPSA) is 63.8 Å². The number of benzene rings is 1. The number of nitrogens with two attached hydrogens (primary N) is 1. The molecule has 1 aromatic carbocycles. The maximum Gasteiger partial charge on any atom is 0.451 e. The molecule has 20 heavy (non-hydrogen) atoms. The molecule has 0 saturated carbocycles. The van der Waals surface area contributed by atoms with Crippen LogP contribution < -0.4 is 11.1 Å². The van der Waals surface area contributed by atoms with Crippen LogP contribution in [0.3, 0.4) is 0 Å². The first-order valence-electron chi connectivity index (χ1n) is 5.19. The van der Waals surface area contributed by atoms with Crippen molar-refractivity contribution in [3.63, 3.8) is 0 Å². The Hall–Kier alpha value is -2.09. The van der Waals surface area contributed by atoms with Gasteiger partial charge in [0.2, 0.25) is 5.82 Å². The molecule has 0 unspecified atom stereocenters.